The van der Waals surface area contributed by atoms with Crippen LogP contribution in [0, 0.1) is 10.1 Å². The number of nitro benzene ring substituents is 1. The minimum atomic E-state index is -4.06. The molecule has 0 heterocycles. The van der Waals surface area contributed by atoms with Crippen LogP contribution < -0.4 is 0 Å². The van der Waals surface area contributed by atoms with E-state index in [1.54, 1.807) is 25.1 Å². The van der Waals surface area contributed by atoms with Crippen molar-refractivity contribution in [2.75, 3.05) is 0 Å². The van der Waals surface area contributed by atoms with E-state index in [0.29, 0.717) is 5.71 Å². The number of nitro groups is 1. The van der Waals surface area contributed by atoms with Crippen LogP contribution in [0.1, 0.15) is 25.3 Å². The average molecular weight is 398 g/mol. The first kappa shape index (κ1) is 19.5. The van der Waals surface area contributed by atoms with Crippen molar-refractivity contribution in [3.63, 3.8) is 0 Å². The van der Waals surface area contributed by atoms with Gasteiger partial charge in [-0.3, -0.25) is 14.4 Å². The summed E-state index contributed by atoms with van der Waals surface area (Å²) in [6.45, 7) is 3.45. The molecule has 144 valence electrons. The largest absolute Gasteiger partial charge is 0.358 e. The fourth-order valence-corrected chi connectivity index (χ4v) is 3.49. The number of benzene rings is 3. The maximum absolute atomic E-state index is 12.5. The van der Waals surface area contributed by atoms with Crippen LogP contribution in [0.15, 0.2) is 76.8 Å². The zero-order valence-corrected chi connectivity index (χ0v) is 16.1. The normalized spacial score (nSPS) is 13.3. The van der Waals surface area contributed by atoms with Gasteiger partial charge in [-0.05, 0) is 35.4 Å². The Kier molecular flexibility index (Phi) is 5.41. The number of hydrogen-bond acceptors (Lipinski definition) is 6. The summed E-state index contributed by atoms with van der Waals surface area (Å²) in [4.78, 5) is 10.3. The highest BCUT2D eigenvalue weighted by Gasteiger charge is 2.18. The van der Waals surface area contributed by atoms with Crippen LogP contribution in [-0.2, 0) is 14.4 Å². The molecule has 0 N–H and O–H groups in total. The molecule has 7 nitrogen and oxygen atoms in total. The smallest absolute Gasteiger partial charge is 0.265 e. The van der Waals surface area contributed by atoms with Crippen molar-refractivity contribution >= 4 is 32.3 Å². The molecular formula is C20H18N2O5S. The van der Waals surface area contributed by atoms with Crippen molar-refractivity contribution in [3.05, 3.63) is 82.4 Å². The number of non-ortho nitro benzene ring substituents is 1. The van der Waals surface area contributed by atoms with Crippen LogP contribution in [-0.4, -0.2) is 19.1 Å². The summed E-state index contributed by atoms with van der Waals surface area (Å²) >= 11 is 0. The number of hydrogen-bond donors (Lipinski definition) is 0. The first-order valence-electron chi connectivity index (χ1n) is 8.49. The van der Waals surface area contributed by atoms with Gasteiger partial charge in [0, 0.05) is 18.1 Å². The number of fused-ring (bicyclic) bond motifs is 1. The van der Waals surface area contributed by atoms with E-state index in [2.05, 4.69) is 5.16 Å². The van der Waals surface area contributed by atoms with E-state index in [-0.39, 0.29) is 16.5 Å². The van der Waals surface area contributed by atoms with Crippen LogP contribution in [0.25, 0.3) is 10.8 Å². The van der Waals surface area contributed by atoms with Crippen molar-refractivity contribution in [3.8, 4) is 0 Å². The van der Waals surface area contributed by atoms with Gasteiger partial charge in [-0.1, -0.05) is 54.5 Å². The average Bonchev–Trinajstić information content (AvgIpc) is 2.71. The topological polar surface area (TPSA) is 98.9 Å². The Morgan fingerprint density at radius 3 is 2.32 bits per heavy atom. The predicted molar refractivity (Wildman–Crippen MR) is 107 cm³/mol. The summed E-state index contributed by atoms with van der Waals surface area (Å²) in [5.74, 6) is -0.271. The lowest BCUT2D eigenvalue weighted by atomic mass is 9.97. The zero-order valence-electron chi connectivity index (χ0n) is 15.3. The van der Waals surface area contributed by atoms with Gasteiger partial charge in [-0.25, -0.2) is 0 Å². The van der Waals surface area contributed by atoms with E-state index in [1.165, 1.54) is 24.3 Å². The number of nitrogens with zero attached hydrogens (tertiary/aromatic N) is 2. The second-order valence-corrected chi connectivity index (χ2v) is 7.87. The molecule has 0 amide bonds. The van der Waals surface area contributed by atoms with Crippen LogP contribution in [0.3, 0.4) is 0 Å². The Balaban J connectivity index is 1.79. The van der Waals surface area contributed by atoms with Gasteiger partial charge in [-0.15, -0.1) is 0 Å². The van der Waals surface area contributed by atoms with Crippen molar-refractivity contribution in [1.82, 2.24) is 0 Å². The highest BCUT2D eigenvalue weighted by molar-refractivity contribution is 7.86. The van der Waals surface area contributed by atoms with E-state index in [1.807, 2.05) is 31.2 Å². The van der Waals surface area contributed by atoms with Crippen LogP contribution >= 0.6 is 0 Å². The molecule has 28 heavy (non-hydrogen) atoms. The van der Waals surface area contributed by atoms with E-state index < -0.39 is 15.0 Å². The maximum atomic E-state index is 12.5. The standard InChI is InChI=1S/C20H18N2O5S/c1-14(16-7-10-19(11-8-16)22(23)24)15(2)21-27-28(25,26)20-12-9-17-5-3-4-6-18(17)13-20/h3-14H,1-2H3/b21-15+. The summed E-state index contributed by atoms with van der Waals surface area (Å²) < 4.78 is 29.8. The Bertz CT molecular complexity index is 1150. The summed E-state index contributed by atoms with van der Waals surface area (Å²) in [7, 11) is -4.06. The molecule has 0 aromatic heterocycles. The van der Waals surface area contributed by atoms with Crippen molar-refractivity contribution in [2.45, 2.75) is 24.7 Å². The molecule has 0 aliphatic carbocycles. The van der Waals surface area contributed by atoms with E-state index in [0.717, 1.165) is 16.3 Å². The highest BCUT2D eigenvalue weighted by atomic mass is 32.2. The van der Waals surface area contributed by atoms with Gasteiger partial charge in [0.25, 0.3) is 5.69 Å². The Labute approximate surface area is 162 Å². The third kappa shape index (κ3) is 4.17. The lowest BCUT2D eigenvalue weighted by molar-refractivity contribution is -0.384. The molecular weight excluding hydrogens is 380 g/mol. The minimum absolute atomic E-state index is 0.0133. The third-order valence-corrected chi connectivity index (χ3v) is 5.62. The molecule has 3 rings (SSSR count). The second kappa shape index (κ2) is 7.77. The fourth-order valence-electron chi connectivity index (χ4n) is 2.68. The monoisotopic (exact) mass is 398 g/mol. The van der Waals surface area contributed by atoms with Gasteiger partial charge in [0.1, 0.15) is 4.90 Å². The third-order valence-electron chi connectivity index (χ3n) is 4.52. The molecule has 1 unspecified atom stereocenters. The van der Waals surface area contributed by atoms with Crippen LogP contribution in [0.4, 0.5) is 5.69 Å². The van der Waals surface area contributed by atoms with Gasteiger partial charge in [0.15, 0.2) is 0 Å². The van der Waals surface area contributed by atoms with Gasteiger partial charge in [-0.2, -0.15) is 8.42 Å². The predicted octanol–water partition coefficient (Wildman–Crippen LogP) is 4.63. The summed E-state index contributed by atoms with van der Waals surface area (Å²) in [5, 5.41) is 16.2. The van der Waals surface area contributed by atoms with Gasteiger partial charge < -0.3 is 0 Å². The molecule has 0 saturated carbocycles. The summed E-state index contributed by atoms with van der Waals surface area (Å²) in [5.41, 5.74) is 1.18. The highest BCUT2D eigenvalue weighted by Crippen LogP contribution is 2.23. The molecule has 1 atom stereocenters. The molecule has 0 radical (unpaired) electrons. The fraction of sp³-hybridized carbons (Fsp3) is 0.150. The Morgan fingerprint density at radius 2 is 1.68 bits per heavy atom. The van der Waals surface area contributed by atoms with Gasteiger partial charge in [0.05, 0.1) is 10.6 Å². The Hall–Kier alpha value is -3.26. The van der Waals surface area contributed by atoms with E-state index in [9.17, 15) is 18.5 Å². The van der Waals surface area contributed by atoms with Crippen LogP contribution in [0.2, 0.25) is 0 Å². The van der Waals surface area contributed by atoms with Crippen molar-refractivity contribution in [2.24, 2.45) is 5.16 Å². The molecule has 0 aliphatic heterocycles. The number of oxime groups is 1. The molecule has 3 aromatic rings. The van der Waals surface area contributed by atoms with Gasteiger partial charge >= 0.3 is 10.1 Å². The Morgan fingerprint density at radius 1 is 1.04 bits per heavy atom. The van der Waals surface area contributed by atoms with Gasteiger partial charge in [0.2, 0.25) is 0 Å². The van der Waals surface area contributed by atoms with E-state index in [4.69, 9.17) is 4.28 Å². The summed E-state index contributed by atoms with van der Waals surface area (Å²) in [6, 6.07) is 18.1. The molecule has 8 heteroatoms. The van der Waals surface area contributed by atoms with Crippen LogP contribution in [0.5, 0.6) is 0 Å². The lowest BCUT2D eigenvalue weighted by Crippen LogP contribution is -2.09. The second-order valence-electron chi connectivity index (χ2n) is 6.34. The molecule has 0 bridgehead atoms. The molecule has 0 spiro atoms. The molecule has 0 saturated heterocycles. The van der Waals surface area contributed by atoms with Crippen molar-refractivity contribution < 1.29 is 17.6 Å². The minimum Gasteiger partial charge on any atom is -0.265 e. The first-order valence-corrected chi connectivity index (χ1v) is 9.90. The first-order chi connectivity index (χ1) is 13.3. The summed E-state index contributed by atoms with van der Waals surface area (Å²) in [6.07, 6.45) is 0. The maximum Gasteiger partial charge on any atom is 0.358 e. The molecule has 3 aromatic carbocycles. The zero-order chi connectivity index (χ0) is 20.3. The van der Waals surface area contributed by atoms with Crippen molar-refractivity contribution in [1.29, 1.82) is 0 Å². The molecule has 0 fully saturated rings. The number of rotatable bonds is 6. The quantitative estimate of drug-likeness (QED) is 0.342. The molecule has 0 aliphatic rings. The SMILES string of the molecule is C/C(=N\OS(=O)(=O)c1ccc2ccccc2c1)C(C)c1ccc([N+](=O)[O-])cc1. The lowest BCUT2D eigenvalue weighted by Gasteiger charge is -2.11. The van der Waals surface area contributed by atoms with E-state index >= 15 is 0 Å².